The Balaban J connectivity index is 2.25. The molecule has 0 bridgehead atoms. The molecular formula is C10H11NO5S. The lowest BCUT2D eigenvalue weighted by molar-refractivity contribution is 0.0980. The summed E-state index contributed by atoms with van der Waals surface area (Å²) in [5.74, 6) is 0.300. The van der Waals surface area contributed by atoms with Crippen molar-refractivity contribution in [3.63, 3.8) is 0 Å². The lowest BCUT2D eigenvalue weighted by Gasteiger charge is -2.18. The van der Waals surface area contributed by atoms with Gasteiger partial charge in [0.05, 0.1) is 6.26 Å². The van der Waals surface area contributed by atoms with Gasteiger partial charge >= 0.3 is 0 Å². The molecule has 0 atom stereocenters. The highest BCUT2D eigenvalue weighted by atomic mass is 32.2. The molecule has 17 heavy (non-hydrogen) atoms. The summed E-state index contributed by atoms with van der Waals surface area (Å²) in [6.07, 6.45) is 0.920. The van der Waals surface area contributed by atoms with E-state index in [1.165, 1.54) is 12.1 Å². The molecule has 0 spiro atoms. The van der Waals surface area contributed by atoms with Crippen LogP contribution in [0.25, 0.3) is 0 Å². The van der Waals surface area contributed by atoms with E-state index in [9.17, 15) is 13.2 Å². The van der Waals surface area contributed by atoms with Crippen molar-refractivity contribution in [2.45, 2.75) is 0 Å². The van der Waals surface area contributed by atoms with Gasteiger partial charge in [0.2, 0.25) is 10.0 Å². The van der Waals surface area contributed by atoms with Crippen molar-refractivity contribution < 1.29 is 22.7 Å². The average molecular weight is 257 g/mol. The Hall–Kier alpha value is -1.76. The highest BCUT2D eigenvalue weighted by Gasteiger charge is 2.16. The van der Waals surface area contributed by atoms with Gasteiger partial charge < -0.3 is 9.47 Å². The maximum absolute atomic E-state index is 11.6. The normalized spacial score (nSPS) is 14.2. The van der Waals surface area contributed by atoms with E-state index in [2.05, 4.69) is 0 Å². The first kappa shape index (κ1) is 11.7. The SMILES string of the molecule is CS(=O)(=O)NC(=O)c1ccc2c(c1)OCCO2. The molecular weight excluding hydrogens is 246 g/mol. The van der Waals surface area contributed by atoms with Crippen LogP contribution in [-0.2, 0) is 10.0 Å². The van der Waals surface area contributed by atoms with Crippen molar-refractivity contribution in [3.8, 4) is 11.5 Å². The summed E-state index contributed by atoms with van der Waals surface area (Å²) < 4.78 is 34.3. The zero-order valence-electron chi connectivity index (χ0n) is 9.10. The third kappa shape index (κ3) is 2.88. The summed E-state index contributed by atoms with van der Waals surface area (Å²) in [6, 6.07) is 4.51. The molecule has 0 saturated carbocycles. The lowest BCUT2D eigenvalue weighted by Crippen LogP contribution is -2.29. The number of fused-ring (bicyclic) bond motifs is 1. The molecule has 92 valence electrons. The average Bonchev–Trinajstić information content (AvgIpc) is 2.26. The number of hydrogen-bond donors (Lipinski definition) is 1. The predicted octanol–water partition coefficient (Wildman–Crippen LogP) is 0.147. The Bertz CT molecular complexity index is 552. The molecule has 0 fully saturated rings. The van der Waals surface area contributed by atoms with Crippen LogP contribution < -0.4 is 14.2 Å². The molecule has 1 heterocycles. The van der Waals surface area contributed by atoms with E-state index < -0.39 is 15.9 Å². The van der Waals surface area contributed by atoms with Gasteiger partial charge in [-0.1, -0.05) is 0 Å². The van der Waals surface area contributed by atoms with E-state index in [4.69, 9.17) is 9.47 Å². The third-order valence-corrected chi connectivity index (χ3v) is 2.64. The fourth-order valence-electron chi connectivity index (χ4n) is 1.41. The first-order valence-electron chi connectivity index (χ1n) is 4.87. The smallest absolute Gasteiger partial charge is 0.264 e. The lowest BCUT2D eigenvalue weighted by atomic mass is 10.2. The second-order valence-electron chi connectivity index (χ2n) is 3.56. The maximum Gasteiger partial charge on any atom is 0.264 e. The van der Waals surface area contributed by atoms with Gasteiger partial charge in [-0.15, -0.1) is 0 Å². The van der Waals surface area contributed by atoms with Gasteiger partial charge in [-0.25, -0.2) is 13.1 Å². The maximum atomic E-state index is 11.6. The molecule has 2 rings (SSSR count). The fraction of sp³-hybridized carbons (Fsp3) is 0.300. The van der Waals surface area contributed by atoms with Crippen LogP contribution in [0.5, 0.6) is 11.5 Å². The quantitative estimate of drug-likeness (QED) is 0.815. The van der Waals surface area contributed by atoms with Crippen LogP contribution in [0.1, 0.15) is 10.4 Å². The molecule has 0 aromatic heterocycles. The van der Waals surface area contributed by atoms with Crippen molar-refractivity contribution >= 4 is 15.9 Å². The van der Waals surface area contributed by atoms with Crippen molar-refractivity contribution in [1.29, 1.82) is 0 Å². The minimum atomic E-state index is -3.56. The molecule has 0 radical (unpaired) electrons. The van der Waals surface area contributed by atoms with E-state index in [-0.39, 0.29) is 5.56 Å². The van der Waals surface area contributed by atoms with E-state index >= 15 is 0 Å². The van der Waals surface area contributed by atoms with Crippen LogP contribution in [0, 0.1) is 0 Å². The minimum absolute atomic E-state index is 0.208. The zero-order valence-corrected chi connectivity index (χ0v) is 9.91. The number of benzene rings is 1. The second-order valence-corrected chi connectivity index (χ2v) is 5.31. The molecule has 6 nitrogen and oxygen atoms in total. The first-order valence-corrected chi connectivity index (χ1v) is 6.76. The Morgan fingerprint density at radius 3 is 2.53 bits per heavy atom. The Morgan fingerprint density at radius 1 is 1.24 bits per heavy atom. The summed E-state index contributed by atoms with van der Waals surface area (Å²) in [4.78, 5) is 11.6. The van der Waals surface area contributed by atoms with Crippen LogP contribution in [-0.4, -0.2) is 33.8 Å². The van der Waals surface area contributed by atoms with E-state index in [0.717, 1.165) is 6.26 Å². The van der Waals surface area contributed by atoms with Crippen LogP contribution in [0.3, 0.4) is 0 Å². The van der Waals surface area contributed by atoms with Gasteiger partial charge in [0.25, 0.3) is 5.91 Å². The number of rotatable bonds is 2. The van der Waals surface area contributed by atoms with Gasteiger partial charge in [-0.05, 0) is 18.2 Å². The summed E-state index contributed by atoms with van der Waals surface area (Å²) in [6.45, 7) is 0.867. The number of hydrogen-bond acceptors (Lipinski definition) is 5. The predicted molar refractivity (Wildman–Crippen MR) is 59.7 cm³/mol. The van der Waals surface area contributed by atoms with E-state index in [0.29, 0.717) is 24.7 Å². The summed E-state index contributed by atoms with van der Waals surface area (Å²) in [5, 5.41) is 0. The van der Waals surface area contributed by atoms with Gasteiger partial charge in [0, 0.05) is 5.56 Å². The summed E-state index contributed by atoms with van der Waals surface area (Å²) in [7, 11) is -3.56. The highest BCUT2D eigenvalue weighted by molar-refractivity contribution is 7.89. The van der Waals surface area contributed by atoms with Crippen molar-refractivity contribution in [2.75, 3.05) is 19.5 Å². The molecule has 1 aromatic carbocycles. The first-order chi connectivity index (χ1) is 7.96. The Labute approximate surface area is 98.6 Å². The molecule has 0 unspecified atom stereocenters. The highest BCUT2D eigenvalue weighted by Crippen LogP contribution is 2.30. The Morgan fingerprint density at radius 2 is 1.88 bits per heavy atom. The van der Waals surface area contributed by atoms with Crippen LogP contribution >= 0.6 is 0 Å². The van der Waals surface area contributed by atoms with Gasteiger partial charge in [0.15, 0.2) is 11.5 Å². The number of carbonyl (C=O) groups excluding carboxylic acids is 1. The zero-order chi connectivity index (χ0) is 12.5. The summed E-state index contributed by atoms with van der Waals surface area (Å²) >= 11 is 0. The number of nitrogens with one attached hydrogen (secondary N) is 1. The van der Waals surface area contributed by atoms with E-state index in [1.54, 1.807) is 6.07 Å². The minimum Gasteiger partial charge on any atom is -0.486 e. The van der Waals surface area contributed by atoms with Crippen LogP contribution in [0.15, 0.2) is 18.2 Å². The van der Waals surface area contributed by atoms with Crippen molar-refractivity contribution in [1.82, 2.24) is 4.72 Å². The molecule has 1 aliphatic rings. The van der Waals surface area contributed by atoms with Crippen molar-refractivity contribution in [2.24, 2.45) is 0 Å². The number of sulfonamides is 1. The molecule has 1 amide bonds. The molecule has 7 heteroatoms. The molecule has 0 saturated heterocycles. The largest absolute Gasteiger partial charge is 0.486 e. The monoisotopic (exact) mass is 257 g/mol. The van der Waals surface area contributed by atoms with Gasteiger partial charge in [0.1, 0.15) is 13.2 Å². The molecule has 1 aromatic rings. The van der Waals surface area contributed by atoms with Crippen molar-refractivity contribution in [3.05, 3.63) is 23.8 Å². The molecule has 1 N–H and O–H groups in total. The van der Waals surface area contributed by atoms with E-state index in [1.807, 2.05) is 4.72 Å². The Kier molecular flexibility index (Phi) is 2.93. The van der Waals surface area contributed by atoms with Gasteiger partial charge in [-0.2, -0.15) is 0 Å². The van der Waals surface area contributed by atoms with Crippen LogP contribution in [0.4, 0.5) is 0 Å². The topological polar surface area (TPSA) is 81.7 Å². The number of ether oxygens (including phenoxy) is 2. The second kappa shape index (κ2) is 4.25. The third-order valence-electron chi connectivity index (χ3n) is 2.08. The van der Waals surface area contributed by atoms with Gasteiger partial charge in [-0.3, -0.25) is 4.79 Å². The fourth-order valence-corrected chi connectivity index (χ4v) is 1.87. The molecule has 1 aliphatic heterocycles. The number of carbonyl (C=O) groups is 1. The summed E-state index contributed by atoms with van der Waals surface area (Å²) in [5.41, 5.74) is 0.208. The molecule has 0 aliphatic carbocycles. The van der Waals surface area contributed by atoms with Crippen LogP contribution in [0.2, 0.25) is 0 Å². The number of amides is 1. The standard InChI is InChI=1S/C10H11NO5S/c1-17(13,14)11-10(12)7-2-3-8-9(6-7)16-5-4-15-8/h2-3,6H,4-5H2,1H3,(H,11,12).